The van der Waals surface area contributed by atoms with Crippen molar-refractivity contribution in [2.24, 2.45) is 0 Å². The van der Waals surface area contributed by atoms with Gasteiger partial charge in [-0.25, -0.2) is 4.39 Å². The van der Waals surface area contributed by atoms with Gasteiger partial charge in [0.1, 0.15) is 5.82 Å². The van der Waals surface area contributed by atoms with Crippen LogP contribution in [0.4, 0.5) is 4.39 Å². The van der Waals surface area contributed by atoms with Gasteiger partial charge in [-0.2, -0.15) is 0 Å². The maximum Gasteiger partial charge on any atom is 0.292 e. The Balaban J connectivity index is 2.57. The molecule has 0 aliphatic heterocycles. The lowest BCUT2D eigenvalue weighted by atomic mass is 10.1. The highest BCUT2D eigenvalue weighted by molar-refractivity contribution is 6.42. The van der Waals surface area contributed by atoms with Gasteiger partial charge >= 0.3 is 0 Å². The molecule has 0 unspecified atom stereocenters. The van der Waals surface area contributed by atoms with E-state index in [1.807, 2.05) is 0 Å². The largest absolute Gasteiger partial charge is 0.383 e. The molecule has 0 saturated carbocycles. The van der Waals surface area contributed by atoms with Gasteiger partial charge in [-0.05, 0) is 24.3 Å². The van der Waals surface area contributed by atoms with E-state index in [2.05, 4.69) is 5.32 Å². The lowest BCUT2D eigenvalue weighted by Crippen LogP contribution is -2.33. The summed E-state index contributed by atoms with van der Waals surface area (Å²) >= 11 is 0. The van der Waals surface area contributed by atoms with Crippen LogP contribution in [0.2, 0.25) is 0 Å². The van der Waals surface area contributed by atoms with Gasteiger partial charge in [0.05, 0.1) is 6.61 Å². The number of halogens is 1. The molecular weight excluding hydrogens is 213 g/mol. The number of ether oxygens (including phenoxy) is 1. The van der Waals surface area contributed by atoms with Crippen LogP contribution in [0.15, 0.2) is 24.3 Å². The minimum atomic E-state index is -0.719. The Morgan fingerprint density at radius 3 is 2.50 bits per heavy atom. The molecule has 1 rings (SSSR count). The van der Waals surface area contributed by atoms with Crippen LogP contribution in [0.3, 0.4) is 0 Å². The molecule has 4 nitrogen and oxygen atoms in total. The molecule has 0 atom stereocenters. The number of nitrogens with one attached hydrogen (secondary N) is 1. The first-order chi connectivity index (χ1) is 7.65. The van der Waals surface area contributed by atoms with Crippen molar-refractivity contribution in [2.45, 2.75) is 0 Å². The zero-order chi connectivity index (χ0) is 12.0. The van der Waals surface area contributed by atoms with Crippen LogP contribution in [0.5, 0.6) is 0 Å². The van der Waals surface area contributed by atoms with Crippen molar-refractivity contribution >= 4 is 11.7 Å². The Kier molecular flexibility index (Phi) is 4.60. The molecule has 1 N–H and O–H groups in total. The molecule has 0 bridgehead atoms. The summed E-state index contributed by atoms with van der Waals surface area (Å²) in [5.74, 6) is -1.85. The average molecular weight is 225 g/mol. The molecule has 0 heterocycles. The number of hydrogen-bond acceptors (Lipinski definition) is 3. The molecule has 86 valence electrons. The summed E-state index contributed by atoms with van der Waals surface area (Å²) in [5, 5.41) is 2.39. The van der Waals surface area contributed by atoms with E-state index in [1.165, 1.54) is 19.2 Å². The van der Waals surface area contributed by atoms with E-state index in [1.54, 1.807) is 0 Å². The van der Waals surface area contributed by atoms with Crippen molar-refractivity contribution in [2.75, 3.05) is 20.3 Å². The molecule has 0 spiro atoms. The van der Waals surface area contributed by atoms with Crippen LogP contribution in [0.25, 0.3) is 0 Å². The first-order valence-electron chi connectivity index (χ1n) is 4.72. The standard InChI is InChI=1S/C11H12FNO3/c1-16-7-6-13-11(15)10(14)8-2-4-9(12)5-3-8/h2-5H,6-7H2,1H3,(H,13,15). The molecule has 0 saturated heterocycles. The number of rotatable bonds is 5. The number of hydrogen-bond donors (Lipinski definition) is 1. The first kappa shape index (κ1) is 12.3. The Labute approximate surface area is 92.4 Å². The van der Waals surface area contributed by atoms with Gasteiger partial charge in [-0.15, -0.1) is 0 Å². The molecule has 0 aromatic heterocycles. The summed E-state index contributed by atoms with van der Waals surface area (Å²) in [6.07, 6.45) is 0. The highest BCUT2D eigenvalue weighted by Gasteiger charge is 2.15. The summed E-state index contributed by atoms with van der Waals surface area (Å²) in [5.41, 5.74) is 0.163. The van der Waals surface area contributed by atoms with Crippen LogP contribution in [-0.4, -0.2) is 32.0 Å². The van der Waals surface area contributed by atoms with Gasteiger partial charge in [0, 0.05) is 19.2 Å². The first-order valence-corrected chi connectivity index (χ1v) is 4.72. The van der Waals surface area contributed by atoms with Crippen molar-refractivity contribution in [1.82, 2.24) is 5.32 Å². The molecule has 1 aromatic rings. The number of methoxy groups -OCH3 is 1. The Morgan fingerprint density at radius 2 is 1.94 bits per heavy atom. The minimum Gasteiger partial charge on any atom is -0.383 e. The molecule has 0 aliphatic rings. The van der Waals surface area contributed by atoms with Crippen LogP contribution in [0.1, 0.15) is 10.4 Å². The second-order valence-electron chi connectivity index (χ2n) is 3.08. The number of carbonyl (C=O) groups excluding carboxylic acids is 2. The zero-order valence-electron chi connectivity index (χ0n) is 8.83. The van der Waals surface area contributed by atoms with Gasteiger partial charge in [-0.1, -0.05) is 0 Å². The van der Waals surface area contributed by atoms with E-state index >= 15 is 0 Å². The Bertz CT molecular complexity index is 375. The van der Waals surface area contributed by atoms with E-state index in [9.17, 15) is 14.0 Å². The van der Waals surface area contributed by atoms with Crippen LogP contribution in [0, 0.1) is 5.82 Å². The van der Waals surface area contributed by atoms with Gasteiger partial charge in [0.15, 0.2) is 0 Å². The van der Waals surface area contributed by atoms with Gasteiger partial charge in [0.25, 0.3) is 5.91 Å². The molecule has 16 heavy (non-hydrogen) atoms. The fraction of sp³-hybridized carbons (Fsp3) is 0.273. The van der Waals surface area contributed by atoms with E-state index in [0.29, 0.717) is 6.61 Å². The number of Topliss-reactive ketones (excluding diaryl/α,β-unsaturated/α-hetero) is 1. The third-order valence-electron chi connectivity index (χ3n) is 1.90. The molecule has 0 fully saturated rings. The minimum absolute atomic E-state index is 0.163. The molecule has 1 aromatic carbocycles. The van der Waals surface area contributed by atoms with Crippen LogP contribution in [-0.2, 0) is 9.53 Å². The third-order valence-corrected chi connectivity index (χ3v) is 1.90. The lowest BCUT2D eigenvalue weighted by molar-refractivity contribution is -0.117. The quantitative estimate of drug-likeness (QED) is 0.457. The molecule has 0 radical (unpaired) electrons. The maximum absolute atomic E-state index is 12.6. The van der Waals surface area contributed by atoms with Gasteiger partial charge < -0.3 is 10.1 Å². The predicted molar refractivity (Wildman–Crippen MR) is 55.6 cm³/mol. The number of carbonyl (C=O) groups is 2. The molecular formula is C11H12FNO3. The lowest BCUT2D eigenvalue weighted by Gasteiger charge is -2.03. The monoisotopic (exact) mass is 225 g/mol. The van der Waals surface area contributed by atoms with Crippen molar-refractivity contribution in [3.63, 3.8) is 0 Å². The topological polar surface area (TPSA) is 55.4 Å². The fourth-order valence-corrected chi connectivity index (χ4v) is 1.08. The maximum atomic E-state index is 12.6. The van der Waals surface area contributed by atoms with Crippen molar-refractivity contribution in [3.8, 4) is 0 Å². The summed E-state index contributed by atoms with van der Waals surface area (Å²) in [4.78, 5) is 22.8. The molecule has 5 heteroatoms. The third kappa shape index (κ3) is 3.43. The second-order valence-corrected chi connectivity index (χ2v) is 3.08. The van der Waals surface area contributed by atoms with E-state index in [4.69, 9.17) is 4.74 Å². The highest BCUT2D eigenvalue weighted by Crippen LogP contribution is 2.03. The number of ketones is 1. The van der Waals surface area contributed by atoms with Crippen molar-refractivity contribution in [3.05, 3.63) is 35.6 Å². The Morgan fingerprint density at radius 1 is 1.31 bits per heavy atom. The highest BCUT2D eigenvalue weighted by atomic mass is 19.1. The summed E-state index contributed by atoms with van der Waals surface area (Å²) in [6.45, 7) is 0.602. The van der Waals surface area contributed by atoms with E-state index < -0.39 is 17.5 Å². The average Bonchev–Trinajstić information content (AvgIpc) is 2.29. The molecule has 0 aliphatic carbocycles. The normalized spacial score (nSPS) is 9.88. The van der Waals surface area contributed by atoms with Crippen LogP contribution >= 0.6 is 0 Å². The summed E-state index contributed by atoms with van der Waals surface area (Å²) < 4.78 is 17.3. The summed E-state index contributed by atoms with van der Waals surface area (Å²) in [7, 11) is 1.49. The van der Waals surface area contributed by atoms with E-state index in [0.717, 1.165) is 12.1 Å². The SMILES string of the molecule is COCCNC(=O)C(=O)c1ccc(F)cc1. The van der Waals surface area contributed by atoms with Crippen LogP contribution < -0.4 is 5.32 Å². The van der Waals surface area contributed by atoms with Gasteiger partial charge in [0.2, 0.25) is 5.78 Å². The second kappa shape index (κ2) is 5.97. The van der Waals surface area contributed by atoms with E-state index in [-0.39, 0.29) is 12.1 Å². The number of benzene rings is 1. The number of amides is 1. The van der Waals surface area contributed by atoms with Gasteiger partial charge in [-0.3, -0.25) is 9.59 Å². The predicted octanol–water partition coefficient (Wildman–Crippen LogP) is 0.771. The Hall–Kier alpha value is -1.75. The summed E-state index contributed by atoms with van der Waals surface area (Å²) in [6, 6.07) is 4.81. The van der Waals surface area contributed by atoms with Crippen molar-refractivity contribution in [1.29, 1.82) is 0 Å². The zero-order valence-corrected chi connectivity index (χ0v) is 8.83. The fourth-order valence-electron chi connectivity index (χ4n) is 1.08. The van der Waals surface area contributed by atoms with Crippen molar-refractivity contribution < 1.29 is 18.7 Å². The smallest absolute Gasteiger partial charge is 0.292 e. The molecule has 1 amide bonds.